The van der Waals surface area contributed by atoms with Crippen LogP contribution in [0.5, 0.6) is 5.75 Å². The summed E-state index contributed by atoms with van der Waals surface area (Å²) in [6.07, 6.45) is 3.62. The second kappa shape index (κ2) is 9.73. The molecule has 1 saturated heterocycles. The van der Waals surface area contributed by atoms with Crippen LogP contribution in [0.25, 0.3) is 28.2 Å². The van der Waals surface area contributed by atoms with Gasteiger partial charge < -0.3 is 9.64 Å². The minimum Gasteiger partial charge on any atom is -0.494 e. The third-order valence-corrected chi connectivity index (χ3v) is 7.50. The summed E-state index contributed by atoms with van der Waals surface area (Å²) in [5.41, 5.74) is 4.92. The van der Waals surface area contributed by atoms with Gasteiger partial charge in [0.05, 0.1) is 28.6 Å². The van der Waals surface area contributed by atoms with Crippen LogP contribution in [0.4, 0.5) is 0 Å². The number of hydrogen-bond donors (Lipinski definition) is 0. The third-order valence-electron chi connectivity index (χ3n) is 6.37. The number of imidazole rings is 1. The molecule has 9 heteroatoms. The van der Waals surface area contributed by atoms with Gasteiger partial charge in [0.2, 0.25) is 5.91 Å². The summed E-state index contributed by atoms with van der Waals surface area (Å²) >= 11 is 0. The molecule has 0 saturated carbocycles. The highest BCUT2D eigenvalue weighted by atomic mass is 32.2. The van der Waals surface area contributed by atoms with Crippen molar-refractivity contribution < 1.29 is 17.9 Å². The molecule has 1 fully saturated rings. The standard InChI is InChI=1S/C27H28N4O4S/c1-19-27(21-8-12-23(13-9-21)36(2,33)34)31-25(28-19)15-14-24(29-31)20-6-10-22(11-7-20)35-18-4-17-30-16-3-5-26(30)32/h6-15H,3-5,16-18H2,1-2H3. The lowest BCUT2D eigenvalue weighted by atomic mass is 10.1. The molecule has 3 heterocycles. The number of aromatic nitrogens is 3. The Labute approximate surface area is 210 Å². The summed E-state index contributed by atoms with van der Waals surface area (Å²) in [7, 11) is -3.27. The first-order valence-corrected chi connectivity index (χ1v) is 13.9. The largest absolute Gasteiger partial charge is 0.494 e. The smallest absolute Gasteiger partial charge is 0.222 e. The summed E-state index contributed by atoms with van der Waals surface area (Å²) in [6, 6.07) is 18.4. The van der Waals surface area contributed by atoms with E-state index in [4.69, 9.17) is 9.84 Å². The van der Waals surface area contributed by atoms with Crippen LogP contribution < -0.4 is 4.74 Å². The summed E-state index contributed by atoms with van der Waals surface area (Å²) in [6.45, 7) is 4.07. The van der Waals surface area contributed by atoms with Gasteiger partial charge in [0, 0.05) is 36.9 Å². The Hall–Kier alpha value is -3.72. The molecule has 1 aliphatic rings. The fourth-order valence-electron chi connectivity index (χ4n) is 4.50. The maximum Gasteiger partial charge on any atom is 0.222 e. The van der Waals surface area contributed by atoms with E-state index in [1.807, 2.05) is 48.2 Å². The van der Waals surface area contributed by atoms with Crippen molar-refractivity contribution in [1.29, 1.82) is 0 Å². The molecule has 0 aliphatic carbocycles. The summed E-state index contributed by atoms with van der Waals surface area (Å²) in [4.78, 5) is 18.5. The minimum absolute atomic E-state index is 0.242. The lowest BCUT2D eigenvalue weighted by Crippen LogP contribution is -2.26. The fourth-order valence-corrected chi connectivity index (χ4v) is 5.13. The van der Waals surface area contributed by atoms with E-state index in [0.717, 1.165) is 65.5 Å². The molecular weight excluding hydrogens is 476 g/mol. The van der Waals surface area contributed by atoms with Gasteiger partial charge in [0.15, 0.2) is 15.5 Å². The van der Waals surface area contributed by atoms with Gasteiger partial charge in [-0.25, -0.2) is 17.9 Å². The lowest BCUT2D eigenvalue weighted by Gasteiger charge is -2.15. The third kappa shape index (κ3) is 4.97. The van der Waals surface area contributed by atoms with E-state index < -0.39 is 9.84 Å². The van der Waals surface area contributed by atoms with Crippen LogP contribution in [0.15, 0.2) is 65.6 Å². The van der Waals surface area contributed by atoms with Crippen molar-refractivity contribution in [1.82, 2.24) is 19.5 Å². The zero-order valence-electron chi connectivity index (χ0n) is 20.3. The van der Waals surface area contributed by atoms with E-state index in [0.29, 0.717) is 13.0 Å². The number of carbonyl (C=O) groups excluding carboxylic acids is 1. The van der Waals surface area contributed by atoms with Crippen molar-refractivity contribution in [3.05, 3.63) is 66.4 Å². The van der Waals surface area contributed by atoms with Crippen molar-refractivity contribution in [2.45, 2.75) is 31.1 Å². The van der Waals surface area contributed by atoms with E-state index in [9.17, 15) is 13.2 Å². The van der Waals surface area contributed by atoms with Gasteiger partial charge in [-0.2, -0.15) is 5.10 Å². The molecule has 0 bridgehead atoms. The average Bonchev–Trinajstić information content (AvgIpc) is 3.42. The topological polar surface area (TPSA) is 93.9 Å². The highest BCUT2D eigenvalue weighted by Crippen LogP contribution is 2.28. The number of rotatable bonds is 8. The molecule has 1 aliphatic heterocycles. The van der Waals surface area contributed by atoms with Crippen LogP contribution in [-0.4, -0.2) is 59.8 Å². The molecule has 4 aromatic rings. The molecule has 0 spiro atoms. The summed E-state index contributed by atoms with van der Waals surface area (Å²) in [5, 5.41) is 4.83. The number of ether oxygens (including phenoxy) is 1. The number of fused-ring (bicyclic) bond motifs is 1. The van der Waals surface area contributed by atoms with E-state index in [1.54, 1.807) is 28.8 Å². The Morgan fingerprint density at radius 3 is 2.36 bits per heavy atom. The van der Waals surface area contributed by atoms with Gasteiger partial charge in [0.1, 0.15) is 5.75 Å². The van der Waals surface area contributed by atoms with E-state index >= 15 is 0 Å². The van der Waals surface area contributed by atoms with Gasteiger partial charge in [-0.1, -0.05) is 12.1 Å². The van der Waals surface area contributed by atoms with Gasteiger partial charge >= 0.3 is 0 Å². The van der Waals surface area contributed by atoms with Gasteiger partial charge in [-0.3, -0.25) is 4.79 Å². The zero-order chi connectivity index (χ0) is 25.3. The van der Waals surface area contributed by atoms with Crippen molar-refractivity contribution in [2.24, 2.45) is 0 Å². The van der Waals surface area contributed by atoms with Crippen LogP contribution >= 0.6 is 0 Å². The first-order valence-electron chi connectivity index (χ1n) is 12.0. The van der Waals surface area contributed by atoms with E-state index in [2.05, 4.69) is 4.98 Å². The highest BCUT2D eigenvalue weighted by molar-refractivity contribution is 7.90. The molecule has 36 heavy (non-hydrogen) atoms. The first-order chi connectivity index (χ1) is 17.3. The van der Waals surface area contributed by atoms with Crippen LogP contribution in [0.2, 0.25) is 0 Å². The molecule has 2 aromatic carbocycles. The monoisotopic (exact) mass is 504 g/mol. The molecule has 8 nitrogen and oxygen atoms in total. The second-order valence-electron chi connectivity index (χ2n) is 9.04. The van der Waals surface area contributed by atoms with Crippen molar-refractivity contribution in [3.8, 4) is 28.3 Å². The highest BCUT2D eigenvalue weighted by Gasteiger charge is 2.19. The number of carbonyl (C=O) groups is 1. The van der Waals surface area contributed by atoms with Gasteiger partial charge in [-0.05, 0) is 68.3 Å². The summed E-state index contributed by atoms with van der Waals surface area (Å²) in [5.74, 6) is 1.02. The Morgan fingerprint density at radius 2 is 1.69 bits per heavy atom. The SMILES string of the molecule is Cc1nc2ccc(-c3ccc(OCCCN4CCCC4=O)cc3)nn2c1-c1ccc(S(C)(=O)=O)cc1. The lowest BCUT2D eigenvalue weighted by molar-refractivity contribution is -0.127. The van der Waals surface area contributed by atoms with Crippen molar-refractivity contribution in [3.63, 3.8) is 0 Å². The molecule has 0 unspecified atom stereocenters. The number of aryl methyl sites for hydroxylation is 1. The second-order valence-corrected chi connectivity index (χ2v) is 11.1. The number of nitrogens with zero attached hydrogens (tertiary/aromatic N) is 4. The van der Waals surface area contributed by atoms with Crippen LogP contribution in [0.1, 0.15) is 25.0 Å². The number of likely N-dealkylation sites (tertiary alicyclic amines) is 1. The number of amides is 1. The predicted molar refractivity (Wildman–Crippen MR) is 138 cm³/mol. The molecule has 0 N–H and O–H groups in total. The molecule has 0 radical (unpaired) electrons. The number of benzene rings is 2. The maximum atomic E-state index is 11.8. The van der Waals surface area contributed by atoms with E-state index in [1.165, 1.54) is 6.26 Å². The quantitative estimate of drug-likeness (QED) is 0.335. The maximum absolute atomic E-state index is 11.8. The van der Waals surface area contributed by atoms with Crippen molar-refractivity contribution in [2.75, 3.05) is 26.0 Å². The zero-order valence-corrected chi connectivity index (χ0v) is 21.2. The molecule has 2 aromatic heterocycles. The van der Waals surface area contributed by atoms with Gasteiger partial charge in [0.25, 0.3) is 0 Å². The fraction of sp³-hybridized carbons (Fsp3) is 0.296. The number of hydrogen-bond acceptors (Lipinski definition) is 6. The Balaban J connectivity index is 1.32. The van der Waals surface area contributed by atoms with E-state index in [-0.39, 0.29) is 10.8 Å². The molecular formula is C27H28N4O4S. The Bertz CT molecular complexity index is 1510. The van der Waals surface area contributed by atoms with Crippen molar-refractivity contribution >= 4 is 21.4 Å². The first kappa shape index (κ1) is 24.0. The normalized spacial score (nSPS) is 14.1. The molecule has 186 valence electrons. The average molecular weight is 505 g/mol. The van der Waals surface area contributed by atoms with Crippen LogP contribution in [0.3, 0.4) is 0 Å². The molecule has 5 rings (SSSR count). The summed E-state index contributed by atoms with van der Waals surface area (Å²) < 4.78 is 31.3. The molecule has 0 atom stereocenters. The Morgan fingerprint density at radius 1 is 0.972 bits per heavy atom. The predicted octanol–water partition coefficient (Wildman–Crippen LogP) is 4.17. The molecule has 1 amide bonds. The van der Waals surface area contributed by atoms with Crippen LogP contribution in [-0.2, 0) is 14.6 Å². The Kier molecular flexibility index (Phi) is 6.49. The number of sulfone groups is 1. The minimum atomic E-state index is -3.27. The van der Waals surface area contributed by atoms with Gasteiger partial charge in [-0.15, -0.1) is 0 Å². The van der Waals surface area contributed by atoms with Crippen LogP contribution in [0, 0.1) is 6.92 Å².